The quantitative estimate of drug-likeness (QED) is 0.782. The number of hydrogen-bond donors (Lipinski definition) is 2. The van der Waals surface area contributed by atoms with Gasteiger partial charge in [-0.15, -0.1) is 0 Å². The lowest BCUT2D eigenvalue weighted by atomic mass is 10.1. The van der Waals surface area contributed by atoms with E-state index in [1.54, 1.807) is 0 Å². The number of halogens is 1. The molecule has 0 radical (unpaired) electrons. The van der Waals surface area contributed by atoms with Crippen LogP contribution in [0, 0.1) is 0 Å². The Kier molecular flexibility index (Phi) is 5.69. The smallest absolute Gasteiger partial charge is 0.0556 e. The Balaban J connectivity index is 2.33. The number of benzene rings is 1. The highest BCUT2D eigenvalue weighted by molar-refractivity contribution is 6.31. The first-order chi connectivity index (χ1) is 7.24. The van der Waals surface area contributed by atoms with Crippen LogP contribution in [0.2, 0.25) is 5.02 Å². The molecule has 0 saturated carbocycles. The van der Waals surface area contributed by atoms with Gasteiger partial charge in [0.25, 0.3) is 0 Å². The van der Waals surface area contributed by atoms with E-state index in [9.17, 15) is 0 Å². The van der Waals surface area contributed by atoms with E-state index in [0.29, 0.717) is 12.6 Å². The minimum atomic E-state index is 0.191. The molecule has 1 atom stereocenters. The van der Waals surface area contributed by atoms with Crippen LogP contribution in [0.5, 0.6) is 0 Å². The molecule has 15 heavy (non-hydrogen) atoms. The molecule has 1 aromatic rings. The zero-order chi connectivity index (χ0) is 11.1. The maximum Gasteiger partial charge on any atom is 0.0556 e. The molecule has 1 aromatic carbocycles. The number of rotatable bonds is 6. The van der Waals surface area contributed by atoms with E-state index in [0.717, 1.165) is 17.9 Å². The van der Waals surface area contributed by atoms with E-state index >= 15 is 0 Å². The van der Waals surface area contributed by atoms with Gasteiger partial charge in [-0.05, 0) is 31.4 Å². The molecule has 0 spiro atoms. The highest BCUT2D eigenvalue weighted by atomic mass is 35.5. The number of nitrogens with one attached hydrogen (secondary N) is 1. The Labute approximate surface area is 96.3 Å². The second-order valence-electron chi connectivity index (χ2n) is 3.71. The highest BCUT2D eigenvalue weighted by Crippen LogP contribution is 2.16. The Morgan fingerprint density at radius 1 is 1.40 bits per heavy atom. The summed E-state index contributed by atoms with van der Waals surface area (Å²) in [5.41, 5.74) is 1.19. The van der Waals surface area contributed by atoms with Crippen molar-refractivity contribution in [2.75, 3.05) is 13.2 Å². The van der Waals surface area contributed by atoms with Crippen molar-refractivity contribution in [1.82, 2.24) is 5.32 Å². The molecule has 0 heterocycles. The summed E-state index contributed by atoms with van der Waals surface area (Å²) in [7, 11) is 0. The van der Waals surface area contributed by atoms with Gasteiger partial charge in [0.15, 0.2) is 0 Å². The normalized spacial score (nSPS) is 12.7. The van der Waals surface area contributed by atoms with Gasteiger partial charge in [-0.2, -0.15) is 0 Å². The van der Waals surface area contributed by atoms with Crippen molar-refractivity contribution in [3.05, 3.63) is 34.9 Å². The van der Waals surface area contributed by atoms with Gasteiger partial charge in [0, 0.05) is 17.6 Å². The van der Waals surface area contributed by atoms with Crippen molar-refractivity contribution in [2.24, 2.45) is 0 Å². The minimum absolute atomic E-state index is 0.191. The zero-order valence-corrected chi connectivity index (χ0v) is 9.80. The number of aliphatic hydroxyl groups excluding tert-OH is 1. The molecule has 2 N–H and O–H groups in total. The molecule has 0 aliphatic carbocycles. The molecule has 1 unspecified atom stereocenters. The van der Waals surface area contributed by atoms with Crippen LogP contribution in [0.25, 0.3) is 0 Å². The standard InChI is InChI=1S/C12H18ClNO/c1-10(14-8-9-15)6-7-11-4-2-3-5-12(11)13/h2-5,10,14-15H,6-9H2,1H3. The summed E-state index contributed by atoms with van der Waals surface area (Å²) in [6.07, 6.45) is 2.00. The summed E-state index contributed by atoms with van der Waals surface area (Å²) in [5, 5.41) is 12.7. The molecule has 0 bridgehead atoms. The predicted octanol–water partition coefficient (Wildman–Crippen LogP) is 2.24. The number of aliphatic hydroxyl groups is 1. The topological polar surface area (TPSA) is 32.3 Å². The first-order valence-electron chi connectivity index (χ1n) is 5.31. The van der Waals surface area contributed by atoms with E-state index in [1.165, 1.54) is 5.56 Å². The summed E-state index contributed by atoms with van der Waals surface area (Å²) in [6.45, 7) is 2.96. The Morgan fingerprint density at radius 3 is 2.80 bits per heavy atom. The highest BCUT2D eigenvalue weighted by Gasteiger charge is 2.03. The first kappa shape index (κ1) is 12.5. The summed E-state index contributed by atoms with van der Waals surface area (Å²) >= 11 is 6.05. The van der Waals surface area contributed by atoms with Crippen LogP contribution in [0.15, 0.2) is 24.3 Å². The SMILES string of the molecule is CC(CCc1ccccc1Cl)NCCO. The van der Waals surface area contributed by atoms with Gasteiger partial charge >= 0.3 is 0 Å². The van der Waals surface area contributed by atoms with Gasteiger partial charge in [-0.3, -0.25) is 0 Å². The van der Waals surface area contributed by atoms with E-state index in [4.69, 9.17) is 16.7 Å². The second kappa shape index (κ2) is 6.83. The molecule has 0 aliphatic rings. The van der Waals surface area contributed by atoms with E-state index in [-0.39, 0.29) is 6.61 Å². The van der Waals surface area contributed by atoms with Gasteiger partial charge < -0.3 is 10.4 Å². The number of hydrogen-bond acceptors (Lipinski definition) is 2. The lowest BCUT2D eigenvalue weighted by Gasteiger charge is -2.13. The fourth-order valence-corrected chi connectivity index (χ4v) is 1.72. The van der Waals surface area contributed by atoms with Crippen LogP contribution in [-0.2, 0) is 6.42 Å². The van der Waals surface area contributed by atoms with Crippen LogP contribution in [-0.4, -0.2) is 24.3 Å². The van der Waals surface area contributed by atoms with Crippen LogP contribution in [0.1, 0.15) is 18.9 Å². The van der Waals surface area contributed by atoms with Crippen molar-refractivity contribution in [1.29, 1.82) is 0 Å². The third kappa shape index (κ3) is 4.65. The fourth-order valence-electron chi connectivity index (χ4n) is 1.49. The maximum absolute atomic E-state index is 8.66. The second-order valence-corrected chi connectivity index (χ2v) is 4.12. The predicted molar refractivity (Wildman–Crippen MR) is 64.3 cm³/mol. The molecule has 2 nitrogen and oxygen atoms in total. The van der Waals surface area contributed by atoms with Crippen LogP contribution in [0.4, 0.5) is 0 Å². The van der Waals surface area contributed by atoms with Gasteiger partial charge in [0.05, 0.1) is 6.61 Å². The average molecular weight is 228 g/mol. The van der Waals surface area contributed by atoms with Crippen molar-refractivity contribution >= 4 is 11.6 Å². The third-order valence-corrected chi connectivity index (χ3v) is 2.78. The summed E-state index contributed by atoms with van der Waals surface area (Å²) in [4.78, 5) is 0. The third-order valence-electron chi connectivity index (χ3n) is 2.41. The largest absolute Gasteiger partial charge is 0.395 e. The molecule has 0 aromatic heterocycles. The monoisotopic (exact) mass is 227 g/mol. The van der Waals surface area contributed by atoms with E-state index in [1.807, 2.05) is 18.2 Å². The molecule has 0 saturated heterocycles. The summed E-state index contributed by atoms with van der Waals surface area (Å²) in [5.74, 6) is 0. The van der Waals surface area contributed by atoms with Crippen molar-refractivity contribution in [2.45, 2.75) is 25.8 Å². The van der Waals surface area contributed by atoms with E-state index in [2.05, 4.69) is 18.3 Å². The minimum Gasteiger partial charge on any atom is -0.395 e. The maximum atomic E-state index is 8.66. The van der Waals surface area contributed by atoms with Gasteiger partial charge in [0.1, 0.15) is 0 Å². The molecular weight excluding hydrogens is 210 g/mol. The molecular formula is C12H18ClNO. The van der Waals surface area contributed by atoms with Crippen molar-refractivity contribution in [3.63, 3.8) is 0 Å². The zero-order valence-electron chi connectivity index (χ0n) is 9.04. The Hall–Kier alpha value is -0.570. The Morgan fingerprint density at radius 2 is 2.13 bits per heavy atom. The molecule has 0 amide bonds. The van der Waals surface area contributed by atoms with Crippen molar-refractivity contribution in [3.8, 4) is 0 Å². The first-order valence-corrected chi connectivity index (χ1v) is 5.69. The molecule has 0 aliphatic heterocycles. The lowest BCUT2D eigenvalue weighted by molar-refractivity contribution is 0.284. The van der Waals surface area contributed by atoms with Gasteiger partial charge in [-0.1, -0.05) is 29.8 Å². The van der Waals surface area contributed by atoms with E-state index < -0.39 is 0 Å². The van der Waals surface area contributed by atoms with Crippen LogP contribution in [0.3, 0.4) is 0 Å². The van der Waals surface area contributed by atoms with Gasteiger partial charge in [-0.25, -0.2) is 0 Å². The molecule has 3 heteroatoms. The average Bonchev–Trinajstić information content (AvgIpc) is 2.25. The van der Waals surface area contributed by atoms with Crippen molar-refractivity contribution < 1.29 is 5.11 Å². The van der Waals surface area contributed by atoms with Crippen LogP contribution < -0.4 is 5.32 Å². The lowest BCUT2D eigenvalue weighted by Crippen LogP contribution is -2.29. The summed E-state index contributed by atoms with van der Waals surface area (Å²) < 4.78 is 0. The molecule has 1 rings (SSSR count). The number of aryl methyl sites for hydroxylation is 1. The van der Waals surface area contributed by atoms with Gasteiger partial charge in [0.2, 0.25) is 0 Å². The molecule has 84 valence electrons. The Bertz CT molecular complexity index is 291. The fraction of sp³-hybridized carbons (Fsp3) is 0.500. The van der Waals surface area contributed by atoms with Crippen LogP contribution >= 0.6 is 11.6 Å². The molecule has 0 fully saturated rings. The summed E-state index contributed by atoms with van der Waals surface area (Å²) in [6, 6.07) is 8.34.